The van der Waals surface area contributed by atoms with E-state index < -0.39 is 4.92 Å². The summed E-state index contributed by atoms with van der Waals surface area (Å²) in [5.41, 5.74) is 2.01. The lowest BCUT2D eigenvalue weighted by atomic mass is 10.1. The molecule has 1 aromatic heterocycles. The van der Waals surface area contributed by atoms with Gasteiger partial charge in [-0.15, -0.1) is 0 Å². The van der Waals surface area contributed by atoms with Crippen molar-refractivity contribution < 1.29 is 4.92 Å². The van der Waals surface area contributed by atoms with Crippen molar-refractivity contribution in [1.82, 2.24) is 4.98 Å². The molecule has 0 aliphatic carbocycles. The highest BCUT2D eigenvalue weighted by atomic mass is 35.5. The van der Waals surface area contributed by atoms with Crippen molar-refractivity contribution in [3.63, 3.8) is 0 Å². The summed E-state index contributed by atoms with van der Waals surface area (Å²) in [6.07, 6.45) is 0. The van der Waals surface area contributed by atoms with Gasteiger partial charge in [-0.3, -0.25) is 10.1 Å². The number of halogens is 1. The Morgan fingerprint density at radius 2 is 1.40 bits per heavy atom. The van der Waals surface area contributed by atoms with Crippen LogP contribution in [0.4, 0.5) is 11.5 Å². The number of pyridine rings is 1. The molecule has 0 bridgehead atoms. The Balaban J connectivity index is 2.01. The molecule has 0 unspecified atom stereocenters. The molecule has 2 aromatic carbocycles. The van der Waals surface area contributed by atoms with E-state index in [2.05, 4.69) is 4.98 Å². The summed E-state index contributed by atoms with van der Waals surface area (Å²) < 4.78 is 0. The minimum Gasteiger partial charge on any atom is -0.342 e. The van der Waals surface area contributed by atoms with E-state index in [-0.39, 0.29) is 16.7 Å². The van der Waals surface area contributed by atoms with Crippen LogP contribution in [0.5, 0.6) is 0 Å². The number of hydrogen-bond acceptors (Lipinski definition) is 4. The molecule has 0 N–H and O–H groups in total. The fraction of sp³-hybridized carbons (Fsp3) is 0.105. The predicted molar refractivity (Wildman–Crippen MR) is 98.7 cm³/mol. The molecule has 0 aliphatic rings. The van der Waals surface area contributed by atoms with Crippen molar-refractivity contribution in [3.05, 3.63) is 99.2 Å². The molecule has 0 spiro atoms. The normalized spacial score (nSPS) is 10.4. The summed E-state index contributed by atoms with van der Waals surface area (Å²) in [6.45, 7) is 0.980. The van der Waals surface area contributed by atoms with E-state index in [0.717, 1.165) is 11.1 Å². The van der Waals surface area contributed by atoms with E-state index in [1.807, 2.05) is 65.6 Å². The second kappa shape index (κ2) is 7.77. The Hall–Kier alpha value is -2.92. The molecular weight excluding hydrogens is 338 g/mol. The molecule has 126 valence electrons. The molecule has 5 nitrogen and oxygen atoms in total. The Kier molecular flexibility index (Phi) is 5.26. The number of anilines is 1. The van der Waals surface area contributed by atoms with Crippen LogP contribution in [0.2, 0.25) is 5.15 Å². The number of nitrogens with zero attached hydrogens (tertiary/aromatic N) is 3. The second-order valence-corrected chi connectivity index (χ2v) is 5.95. The first-order chi connectivity index (χ1) is 12.1. The molecule has 0 atom stereocenters. The van der Waals surface area contributed by atoms with Gasteiger partial charge in [-0.1, -0.05) is 72.3 Å². The van der Waals surface area contributed by atoms with Crippen molar-refractivity contribution in [3.8, 4) is 0 Å². The molecule has 0 amide bonds. The van der Waals surface area contributed by atoms with E-state index in [9.17, 15) is 10.1 Å². The zero-order chi connectivity index (χ0) is 17.6. The average molecular weight is 354 g/mol. The van der Waals surface area contributed by atoms with E-state index >= 15 is 0 Å². The summed E-state index contributed by atoms with van der Waals surface area (Å²) in [4.78, 5) is 17.1. The van der Waals surface area contributed by atoms with Crippen LogP contribution in [0.15, 0.2) is 72.8 Å². The topological polar surface area (TPSA) is 59.3 Å². The number of aromatic nitrogens is 1. The third-order valence-electron chi connectivity index (χ3n) is 3.75. The molecular formula is C19H16ClN3O2. The zero-order valence-electron chi connectivity index (χ0n) is 13.4. The second-order valence-electron chi connectivity index (χ2n) is 5.56. The van der Waals surface area contributed by atoms with Crippen LogP contribution >= 0.6 is 11.6 Å². The fourth-order valence-electron chi connectivity index (χ4n) is 2.61. The third kappa shape index (κ3) is 4.33. The molecule has 0 saturated carbocycles. The largest absolute Gasteiger partial charge is 0.342 e. The van der Waals surface area contributed by atoms with Crippen LogP contribution < -0.4 is 4.90 Å². The van der Waals surface area contributed by atoms with Crippen LogP contribution in [0, 0.1) is 10.1 Å². The highest BCUT2D eigenvalue weighted by molar-refractivity contribution is 6.29. The van der Waals surface area contributed by atoms with Gasteiger partial charge >= 0.3 is 5.69 Å². The van der Waals surface area contributed by atoms with E-state index in [0.29, 0.717) is 13.1 Å². The SMILES string of the molecule is O=[N+]([O-])c1ccc(Cl)nc1N(Cc1ccccc1)Cc1ccccc1. The molecule has 6 heteroatoms. The summed E-state index contributed by atoms with van der Waals surface area (Å²) in [5.74, 6) is 0.269. The molecule has 0 saturated heterocycles. The first-order valence-corrected chi connectivity index (χ1v) is 8.15. The highest BCUT2D eigenvalue weighted by Gasteiger charge is 2.22. The minimum atomic E-state index is -0.429. The van der Waals surface area contributed by atoms with E-state index in [4.69, 9.17) is 11.6 Å². The van der Waals surface area contributed by atoms with Gasteiger partial charge in [-0.05, 0) is 17.2 Å². The predicted octanol–water partition coefficient (Wildman–Crippen LogP) is 4.85. The van der Waals surface area contributed by atoms with Crippen molar-refractivity contribution in [2.24, 2.45) is 0 Å². The van der Waals surface area contributed by atoms with Crippen LogP contribution in [-0.2, 0) is 13.1 Å². The smallest absolute Gasteiger partial charge is 0.311 e. The fourth-order valence-corrected chi connectivity index (χ4v) is 2.75. The lowest BCUT2D eigenvalue weighted by Gasteiger charge is -2.24. The molecule has 0 radical (unpaired) electrons. The van der Waals surface area contributed by atoms with Gasteiger partial charge in [0.2, 0.25) is 5.82 Å². The molecule has 0 fully saturated rings. The maximum atomic E-state index is 11.4. The van der Waals surface area contributed by atoms with E-state index in [1.54, 1.807) is 0 Å². The summed E-state index contributed by atoms with van der Waals surface area (Å²) >= 11 is 6.01. The Morgan fingerprint density at radius 3 is 1.88 bits per heavy atom. The van der Waals surface area contributed by atoms with Gasteiger partial charge < -0.3 is 4.90 Å². The third-order valence-corrected chi connectivity index (χ3v) is 3.96. The van der Waals surface area contributed by atoms with Crippen LogP contribution in [-0.4, -0.2) is 9.91 Å². The summed E-state index contributed by atoms with van der Waals surface area (Å²) in [5, 5.41) is 11.7. The van der Waals surface area contributed by atoms with Crippen molar-refractivity contribution in [1.29, 1.82) is 0 Å². The number of rotatable bonds is 6. The number of benzene rings is 2. The van der Waals surface area contributed by atoms with Gasteiger partial charge in [0.1, 0.15) is 5.15 Å². The lowest BCUT2D eigenvalue weighted by molar-refractivity contribution is -0.384. The highest BCUT2D eigenvalue weighted by Crippen LogP contribution is 2.30. The van der Waals surface area contributed by atoms with Gasteiger partial charge in [0.25, 0.3) is 0 Å². The lowest BCUT2D eigenvalue weighted by Crippen LogP contribution is -2.24. The quantitative estimate of drug-likeness (QED) is 0.361. The summed E-state index contributed by atoms with van der Waals surface area (Å²) in [6, 6.07) is 22.4. The average Bonchev–Trinajstić information content (AvgIpc) is 2.62. The molecule has 1 heterocycles. The van der Waals surface area contributed by atoms with Gasteiger partial charge in [0.15, 0.2) is 0 Å². The first kappa shape index (κ1) is 16.9. The number of nitro groups is 1. The number of hydrogen-bond donors (Lipinski definition) is 0. The van der Waals surface area contributed by atoms with Crippen LogP contribution in [0.1, 0.15) is 11.1 Å². The molecule has 25 heavy (non-hydrogen) atoms. The van der Waals surface area contributed by atoms with Gasteiger partial charge in [0, 0.05) is 19.2 Å². The Bertz CT molecular complexity index is 816. The van der Waals surface area contributed by atoms with Crippen molar-refractivity contribution >= 4 is 23.1 Å². The van der Waals surface area contributed by atoms with Crippen LogP contribution in [0.25, 0.3) is 0 Å². The summed E-state index contributed by atoms with van der Waals surface area (Å²) in [7, 11) is 0. The minimum absolute atomic E-state index is 0.0590. The monoisotopic (exact) mass is 353 g/mol. The zero-order valence-corrected chi connectivity index (χ0v) is 14.1. The standard InChI is InChI=1S/C19H16ClN3O2/c20-18-12-11-17(23(24)25)19(21-18)22(13-15-7-3-1-4-8-15)14-16-9-5-2-6-10-16/h1-12H,13-14H2. The Labute approximate surface area is 150 Å². The van der Waals surface area contributed by atoms with Crippen molar-refractivity contribution in [2.45, 2.75) is 13.1 Å². The van der Waals surface area contributed by atoms with Crippen LogP contribution in [0.3, 0.4) is 0 Å². The first-order valence-electron chi connectivity index (χ1n) is 7.77. The Morgan fingerprint density at radius 1 is 0.880 bits per heavy atom. The molecule has 3 rings (SSSR count). The van der Waals surface area contributed by atoms with Gasteiger partial charge in [-0.2, -0.15) is 0 Å². The molecule has 0 aliphatic heterocycles. The van der Waals surface area contributed by atoms with Crippen molar-refractivity contribution in [2.75, 3.05) is 4.90 Å². The van der Waals surface area contributed by atoms with E-state index in [1.165, 1.54) is 12.1 Å². The maximum Gasteiger partial charge on any atom is 0.311 e. The maximum absolute atomic E-state index is 11.4. The molecule has 3 aromatic rings. The van der Waals surface area contributed by atoms with Gasteiger partial charge in [-0.25, -0.2) is 4.98 Å². The van der Waals surface area contributed by atoms with Gasteiger partial charge in [0.05, 0.1) is 4.92 Å².